The molecule has 0 fully saturated rings. The van der Waals surface area contributed by atoms with Crippen LogP contribution < -0.4 is 29.6 Å². The Morgan fingerprint density at radius 2 is 2.08 bits per heavy atom. The van der Waals surface area contributed by atoms with E-state index in [4.69, 9.17) is 9.84 Å². The van der Waals surface area contributed by atoms with E-state index >= 15 is 0 Å². The number of rotatable bonds is 6. The third-order valence-corrected chi connectivity index (χ3v) is 1.83. The Labute approximate surface area is 101 Å². The number of hydrogen-bond donors (Lipinski definition) is 1. The van der Waals surface area contributed by atoms with Crippen molar-refractivity contribution in [1.82, 2.24) is 0 Å². The molecule has 1 N–H and O–H groups in total. The van der Waals surface area contributed by atoms with Crippen LogP contribution >= 0.6 is 0 Å². The molecule has 7 heteroatoms. The van der Waals surface area contributed by atoms with E-state index in [1.165, 1.54) is 0 Å². The summed E-state index contributed by atoms with van der Waals surface area (Å²) in [5.41, 5.74) is 0. The minimum Gasteiger partial charge on any atom is -0.748 e. The zero-order valence-corrected chi connectivity index (χ0v) is 10.7. The molecule has 0 aromatic heterocycles. The first kappa shape index (κ1) is 16.3. The average molecular weight is 220 g/mol. The van der Waals surface area contributed by atoms with Gasteiger partial charge in [-0.25, -0.2) is 8.42 Å². The van der Waals surface area contributed by atoms with Crippen molar-refractivity contribution in [3.8, 4) is 0 Å². The Hall–Kier alpha value is 0.830. The zero-order valence-electron chi connectivity index (χ0n) is 7.89. The van der Waals surface area contributed by atoms with Gasteiger partial charge in [-0.15, -0.1) is 0 Å². The molecular formula is C6H13NaO5S. The Morgan fingerprint density at radius 3 is 2.46 bits per heavy atom. The van der Waals surface area contributed by atoms with Crippen LogP contribution in [0.5, 0.6) is 0 Å². The molecule has 1 unspecified atom stereocenters. The molecule has 0 spiro atoms. The molecule has 0 saturated heterocycles. The molecule has 0 bridgehead atoms. The molecule has 0 aliphatic carbocycles. The van der Waals surface area contributed by atoms with E-state index in [1.807, 2.05) is 0 Å². The Balaban J connectivity index is 0. The van der Waals surface area contributed by atoms with E-state index in [-0.39, 0.29) is 49.2 Å². The van der Waals surface area contributed by atoms with Gasteiger partial charge in [0.25, 0.3) is 0 Å². The molecule has 0 radical (unpaired) electrons. The quantitative estimate of drug-likeness (QED) is 0.283. The molecule has 0 saturated carbocycles. The predicted octanol–water partition coefficient (Wildman–Crippen LogP) is -3.68. The van der Waals surface area contributed by atoms with Gasteiger partial charge >= 0.3 is 29.6 Å². The van der Waals surface area contributed by atoms with Crippen LogP contribution in [0.15, 0.2) is 0 Å². The fraction of sp³-hybridized carbons (Fsp3) is 1.00. The van der Waals surface area contributed by atoms with Crippen molar-refractivity contribution in [2.75, 3.05) is 19.0 Å². The van der Waals surface area contributed by atoms with E-state index in [2.05, 4.69) is 0 Å². The number of aliphatic hydroxyl groups excluding tert-OH is 1. The van der Waals surface area contributed by atoms with Crippen molar-refractivity contribution in [3.63, 3.8) is 0 Å². The summed E-state index contributed by atoms with van der Waals surface area (Å²) < 4.78 is 35.0. The first-order valence-electron chi connectivity index (χ1n) is 3.61. The summed E-state index contributed by atoms with van der Waals surface area (Å²) in [6.45, 7) is 1.91. The van der Waals surface area contributed by atoms with E-state index in [1.54, 1.807) is 6.92 Å². The smallest absolute Gasteiger partial charge is 0.748 e. The van der Waals surface area contributed by atoms with Gasteiger partial charge in [-0.2, -0.15) is 0 Å². The second kappa shape index (κ2) is 8.16. The third kappa shape index (κ3) is 15.6. The maximum atomic E-state index is 10.1. The van der Waals surface area contributed by atoms with Gasteiger partial charge in [0.15, 0.2) is 0 Å². The van der Waals surface area contributed by atoms with Crippen molar-refractivity contribution in [1.29, 1.82) is 0 Å². The third-order valence-electron chi connectivity index (χ3n) is 1.04. The van der Waals surface area contributed by atoms with Crippen LogP contribution in [0.4, 0.5) is 0 Å². The first-order chi connectivity index (χ1) is 5.42. The molecule has 74 valence electrons. The first-order valence-corrected chi connectivity index (χ1v) is 5.19. The predicted molar refractivity (Wildman–Crippen MR) is 41.7 cm³/mol. The molecule has 0 aliphatic heterocycles. The molecule has 13 heavy (non-hydrogen) atoms. The summed E-state index contributed by atoms with van der Waals surface area (Å²) in [6.07, 6.45) is -0.382. The number of aliphatic hydroxyl groups is 1. The fourth-order valence-electron chi connectivity index (χ4n) is 0.592. The zero-order chi connectivity index (χ0) is 9.61. The number of hydrogen-bond acceptors (Lipinski definition) is 5. The minimum atomic E-state index is -4.12. The van der Waals surface area contributed by atoms with Crippen LogP contribution in [0.25, 0.3) is 0 Å². The van der Waals surface area contributed by atoms with Gasteiger partial charge in [-0.3, -0.25) is 0 Å². The van der Waals surface area contributed by atoms with Crippen molar-refractivity contribution >= 4 is 10.1 Å². The second-order valence-corrected chi connectivity index (χ2v) is 4.06. The summed E-state index contributed by atoms with van der Waals surface area (Å²) in [5, 5.41) is 8.71. The van der Waals surface area contributed by atoms with Gasteiger partial charge in [-0.05, 0) is 13.3 Å². The average Bonchev–Trinajstić information content (AvgIpc) is 1.83. The van der Waals surface area contributed by atoms with E-state index < -0.39 is 22.0 Å². The van der Waals surface area contributed by atoms with Crippen molar-refractivity contribution in [2.24, 2.45) is 0 Å². The standard InChI is InChI=1S/C6H14O5S.Na/c1-6(7)5-11-3-2-4-12(8,9)10;/h6-7H,2-5H2,1H3,(H,8,9,10);/q;+1/p-1. The Morgan fingerprint density at radius 1 is 1.54 bits per heavy atom. The van der Waals surface area contributed by atoms with Gasteiger partial charge in [0.2, 0.25) is 0 Å². The molecule has 0 aromatic rings. The molecular weight excluding hydrogens is 207 g/mol. The maximum absolute atomic E-state index is 10.1. The molecule has 5 nitrogen and oxygen atoms in total. The van der Waals surface area contributed by atoms with Crippen LogP contribution in [0.1, 0.15) is 13.3 Å². The van der Waals surface area contributed by atoms with Gasteiger partial charge in [0.1, 0.15) is 0 Å². The molecule has 0 aliphatic rings. The van der Waals surface area contributed by atoms with E-state index in [0.717, 1.165) is 0 Å². The largest absolute Gasteiger partial charge is 1.00 e. The van der Waals surface area contributed by atoms with E-state index in [0.29, 0.717) is 0 Å². The minimum absolute atomic E-state index is 0. The van der Waals surface area contributed by atoms with Crippen LogP contribution in [0.3, 0.4) is 0 Å². The summed E-state index contributed by atoms with van der Waals surface area (Å²) in [6, 6.07) is 0. The van der Waals surface area contributed by atoms with E-state index in [9.17, 15) is 13.0 Å². The Bertz CT molecular complexity index is 201. The van der Waals surface area contributed by atoms with Crippen molar-refractivity contribution < 1.29 is 52.4 Å². The fourth-order valence-corrected chi connectivity index (χ4v) is 1.06. The molecule has 0 aromatic carbocycles. The van der Waals surface area contributed by atoms with Gasteiger partial charge in [0.05, 0.1) is 22.8 Å². The monoisotopic (exact) mass is 220 g/mol. The maximum Gasteiger partial charge on any atom is 1.00 e. The molecule has 1 atom stereocenters. The number of ether oxygens (including phenoxy) is 1. The molecule has 0 heterocycles. The van der Waals surface area contributed by atoms with Crippen molar-refractivity contribution in [2.45, 2.75) is 19.4 Å². The summed E-state index contributed by atoms with van der Waals surface area (Å²) in [7, 11) is -4.12. The van der Waals surface area contributed by atoms with Crippen LogP contribution in [0.2, 0.25) is 0 Å². The van der Waals surface area contributed by atoms with Crippen LogP contribution in [-0.4, -0.2) is 43.1 Å². The van der Waals surface area contributed by atoms with Crippen LogP contribution in [0, 0.1) is 0 Å². The van der Waals surface area contributed by atoms with Gasteiger partial charge < -0.3 is 14.4 Å². The summed E-state index contributed by atoms with van der Waals surface area (Å²) >= 11 is 0. The molecule has 0 rings (SSSR count). The molecule has 0 amide bonds. The normalized spacial score (nSPS) is 13.5. The van der Waals surface area contributed by atoms with Crippen molar-refractivity contribution in [3.05, 3.63) is 0 Å². The summed E-state index contributed by atoms with van der Waals surface area (Å²) in [4.78, 5) is 0. The topological polar surface area (TPSA) is 86.7 Å². The summed E-state index contributed by atoms with van der Waals surface area (Å²) in [5.74, 6) is -0.410. The second-order valence-electron chi connectivity index (χ2n) is 2.54. The Kier molecular flexibility index (Phi) is 10.2. The van der Waals surface area contributed by atoms with Gasteiger partial charge in [0, 0.05) is 12.4 Å². The van der Waals surface area contributed by atoms with Crippen LogP contribution in [-0.2, 0) is 14.9 Å². The van der Waals surface area contributed by atoms with Gasteiger partial charge in [-0.1, -0.05) is 0 Å². The SMILES string of the molecule is CC(O)COCCCS(=O)(=O)[O-].[Na+].